The average Bonchev–Trinajstić information content (AvgIpc) is 3.25. The SMILES string of the molecule is CC(C)c1nnc(Cn2cc(C3CCN(C(=O)OC(C)(C)C)C3)nn2)o1. The van der Waals surface area contributed by atoms with Gasteiger partial charge in [0, 0.05) is 31.1 Å². The molecule has 1 amide bonds. The van der Waals surface area contributed by atoms with E-state index in [1.165, 1.54) is 0 Å². The molecule has 142 valence electrons. The summed E-state index contributed by atoms with van der Waals surface area (Å²) in [6.45, 7) is 11.2. The molecule has 0 bridgehead atoms. The zero-order valence-corrected chi connectivity index (χ0v) is 16.0. The van der Waals surface area contributed by atoms with E-state index in [2.05, 4.69) is 20.5 Å². The Hall–Kier alpha value is -2.45. The fourth-order valence-electron chi connectivity index (χ4n) is 2.77. The molecule has 26 heavy (non-hydrogen) atoms. The Balaban J connectivity index is 1.59. The van der Waals surface area contributed by atoms with Crippen molar-refractivity contribution in [3.05, 3.63) is 23.7 Å². The molecule has 0 aromatic carbocycles. The van der Waals surface area contributed by atoms with E-state index in [1.54, 1.807) is 9.58 Å². The minimum atomic E-state index is -0.489. The summed E-state index contributed by atoms with van der Waals surface area (Å²) < 4.78 is 12.7. The lowest BCUT2D eigenvalue weighted by molar-refractivity contribution is 0.0292. The second-order valence-electron chi connectivity index (χ2n) is 7.94. The highest BCUT2D eigenvalue weighted by atomic mass is 16.6. The maximum atomic E-state index is 12.2. The van der Waals surface area contributed by atoms with Crippen molar-refractivity contribution in [2.45, 2.75) is 65.0 Å². The van der Waals surface area contributed by atoms with Gasteiger partial charge < -0.3 is 14.1 Å². The average molecular weight is 362 g/mol. The predicted octanol–water partition coefficient (Wildman–Crippen LogP) is 2.56. The molecule has 1 unspecified atom stereocenters. The van der Waals surface area contributed by atoms with Gasteiger partial charge in [0.25, 0.3) is 0 Å². The molecule has 3 rings (SSSR count). The lowest BCUT2D eigenvalue weighted by atomic mass is 10.1. The second kappa shape index (κ2) is 7.05. The largest absolute Gasteiger partial charge is 0.444 e. The molecule has 1 atom stereocenters. The molecular formula is C17H26N6O3. The van der Waals surface area contributed by atoms with Gasteiger partial charge in [-0.25, -0.2) is 9.48 Å². The molecule has 0 radical (unpaired) electrons. The topological polar surface area (TPSA) is 99.2 Å². The summed E-state index contributed by atoms with van der Waals surface area (Å²) in [6.07, 6.45) is 2.44. The number of amides is 1. The first-order valence-electron chi connectivity index (χ1n) is 8.91. The van der Waals surface area contributed by atoms with Crippen LogP contribution in [-0.4, -0.2) is 54.9 Å². The van der Waals surface area contributed by atoms with E-state index in [0.29, 0.717) is 31.4 Å². The Bertz CT molecular complexity index is 761. The van der Waals surface area contributed by atoms with Crippen molar-refractivity contribution in [3.8, 4) is 0 Å². The number of aromatic nitrogens is 5. The third kappa shape index (κ3) is 4.39. The summed E-state index contributed by atoms with van der Waals surface area (Å²) >= 11 is 0. The molecule has 1 saturated heterocycles. The summed E-state index contributed by atoms with van der Waals surface area (Å²) in [7, 11) is 0. The van der Waals surface area contributed by atoms with Crippen molar-refractivity contribution in [3.63, 3.8) is 0 Å². The van der Waals surface area contributed by atoms with Crippen LogP contribution in [0.3, 0.4) is 0 Å². The number of carbonyl (C=O) groups excluding carboxylic acids is 1. The zero-order chi connectivity index (χ0) is 18.9. The fraction of sp³-hybridized carbons (Fsp3) is 0.706. The first-order chi connectivity index (χ1) is 12.2. The monoisotopic (exact) mass is 362 g/mol. The number of nitrogens with zero attached hydrogens (tertiary/aromatic N) is 6. The Kier molecular flexibility index (Phi) is 4.97. The van der Waals surface area contributed by atoms with Gasteiger partial charge in [-0.3, -0.25) is 0 Å². The van der Waals surface area contributed by atoms with Crippen LogP contribution in [-0.2, 0) is 11.3 Å². The molecule has 0 saturated carbocycles. The maximum Gasteiger partial charge on any atom is 0.410 e. The highest BCUT2D eigenvalue weighted by molar-refractivity contribution is 5.68. The Morgan fingerprint density at radius 3 is 2.77 bits per heavy atom. The van der Waals surface area contributed by atoms with E-state index in [1.807, 2.05) is 40.8 Å². The molecule has 3 heterocycles. The predicted molar refractivity (Wildman–Crippen MR) is 92.7 cm³/mol. The minimum Gasteiger partial charge on any atom is -0.444 e. The van der Waals surface area contributed by atoms with E-state index < -0.39 is 5.60 Å². The summed E-state index contributed by atoms with van der Waals surface area (Å²) in [4.78, 5) is 13.9. The van der Waals surface area contributed by atoms with Gasteiger partial charge in [-0.15, -0.1) is 15.3 Å². The summed E-state index contributed by atoms with van der Waals surface area (Å²) in [5, 5.41) is 16.4. The van der Waals surface area contributed by atoms with Crippen molar-refractivity contribution in [1.82, 2.24) is 30.1 Å². The van der Waals surface area contributed by atoms with Crippen molar-refractivity contribution in [2.75, 3.05) is 13.1 Å². The smallest absolute Gasteiger partial charge is 0.410 e. The molecule has 0 N–H and O–H groups in total. The molecule has 1 aliphatic rings. The Labute approximate surface area is 152 Å². The highest BCUT2D eigenvalue weighted by Crippen LogP contribution is 2.27. The van der Waals surface area contributed by atoms with Crippen LogP contribution in [0.4, 0.5) is 4.79 Å². The van der Waals surface area contributed by atoms with Crippen molar-refractivity contribution >= 4 is 6.09 Å². The van der Waals surface area contributed by atoms with Gasteiger partial charge in [0.05, 0.1) is 5.69 Å². The number of carbonyl (C=O) groups is 1. The minimum absolute atomic E-state index is 0.158. The van der Waals surface area contributed by atoms with Crippen LogP contribution in [0.5, 0.6) is 0 Å². The molecule has 1 aliphatic heterocycles. The highest BCUT2D eigenvalue weighted by Gasteiger charge is 2.32. The fourth-order valence-corrected chi connectivity index (χ4v) is 2.77. The van der Waals surface area contributed by atoms with Gasteiger partial charge in [0.15, 0.2) is 0 Å². The van der Waals surface area contributed by atoms with Gasteiger partial charge in [0.1, 0.15) is 12.1 Å². The standard InChI is InChI=1S/C17H26N6O3/c1-11(2)15-20-19-14(25-15)10-23-9-13(18-21-23)12-6-7-22(8-12)16(24)26-17(3,4)5/h9,11-12H,6-8,10H2,1-5H3. The second-order valence-corrected chi connectivity index (χ2v) is 7.94. The van der Waals surface area contributed by atoms with Crippen LogP contribution in [0.25, 0.3) is 0 Å². The van der Waals surface area contributed by atoms with Crippen molar-refractivity contribution < 1.29 is 13.9 Å². The van der Waals surface area contributed by atoms with Crippen molar-refractivity contribution in [1.29, 1.82) is 0 Å². The van der Waals surface area contributed by atoms with Crippen LogP contribution < -0.4 is 0 Å². The third-order valence-corrected chi connectivity index (χ3v) is 4.09. The molecule has 0 spiro atoms. The summed E-state index contributed by atoms with van der Waals surface area (Å²) in [5.74, 6) is 1.47. The lowest BCUT2D eigenvalue weighted by Gasteiger charge is -2.24. The van der Waals surface area contributed by atoms with Crippen LogP contribution in [0.2, 0.25) is 0 Å². The van der Waals surface area contributed by atoms with Crippen LogP contribution in [0, 0.1) is 0 Å². The molecule has 2 aromatic rings. The Morgan fingerprint density at radius 1 is 1.35 bits per heavy atom. The van der Waals surface area contributed by atoms with Gasteiger partial charge >= 0.3 is 6.09 Å². The van der Waals surface area contributed by atoms with E-state index in [0.717, 1.165) is 12.1 Å². The molecule has 2 aromatic heterocycles. The van der Waals surface area contributed by atoms with Crippen LogP contribution >= 0.6 is 0 Å². The van der Waals surface area contributed by atoms with Gasteiger partial charge in [0.2, 0.25) is 11.8 Å². The summed E-state index contributed by atoms with van der Waals surface area (Å²) in [5.41, 5.74) is 0.372. The normalized spacial score (nSPS) is 17.9. The number of hydrogen-bond donors (Lipinski definition) is 0. The van der Waals surface area contributed by atoms with E-state index in [9.17, 15) is 4.79 Å². The zero-order valence-electron chi connectivity index (χ0n) is 16.0. The van der Waals surface area contributed by atoms with Crippen molar-refractivity contribution in [2.24, 2.45) is 0 Å². The molecule has 1 fully saturated rings. The number of ether oxygens (including phenoxy) is 1. The van der Waals surface area contributed by atoms with E-state index >= 15 is 0 Å². The number of hydrogen-bond acceptors (Lipinski definition) is 7. The van der Waals surface area contributed by atoms with Crippen LogP contribution in [0.15, 0.2) is 10.6 Å². The third-order valence-electron chi connectivity index (χ3n) is 4.09. The number of rotatable bonds is 4. The number of likely N-dealkylation sites (tertiary alicyclic amines) is 1. The first kappa shape index (κ1) is 18.3. The van der Waals surface area contributed by atoms with Gasteiger partial charge in [-0.1, -0.05) is 19.1 Å². The molecule has 9 nitrogen and oxygen atoms in total. The molecular weight excluding hydrogens is 336 g/mol. The maximum absolute atomic E-state index is 12.2. The van der Waals surface area contributed by atoms with E-state index in [4.69, 9.17) is 9.15 Å². The first-order valence-corrected chi connectivity index (χ1v) is 8.91. The van der Waals surface area contributed by atoms with Gasteiger partial charge in [-0.05, 0) is 27.2 Å². The van der Waals surface area contributed by atoms with Gasteiger partial charge in [-0.2, -0.15) is 0 Å². The van der Waals surface area contributed by atoms with Crippen LogP contribution in [0.1, 0.15) is 70.4 Å². The Morgan fingerprint density at radius 2 is 2.12 bits per heavy atom. The van der Waals surface area contributed by atoms with E-state index in [-0.39, 0.29) is 17.9 Å². The molecule has 9 heteroatoms. The quantitative estimate of drug-likeness (QED) is 0.824. The molecule has 0 aliphatic carbocycles. The summed E-state index contributed by atoms with van der Waals surface area (Å²) in [6, 6.07) is 0. The lowest BCUT2D eigenvalue weighted by Crippen LogP contribution is -2.35.